The second kappa shape index (κ2) is 4.45. The van der Waals surface area contributed by atoms with Crippen LogP contribution in [0.3, 0.4) is 0 Å². The fraction of sp³-hybridized carbons (Fsp3) is 0.250. The summed E-state index contributed by atoms with van der Waals surface area (Å²) in [6.45, 7) is 1.97. The van der Waals surface area contributed by atoms with Crippen LogP contribution in [0.4, 0.5) is 10.1 Å². The van der Waals surface area contributed by atoms with Crippen molar-refractivity contribution in [3.8, 4) is 11.6 Å². The second-order valence-electron chi connectivity index (χ2n) is 3.70. The third-order valence-corrected chi connectivity index (χ3v) is 2.47. The van der Waals surface area contributed by atoms with E-state index < -0.39 is 0 Å². The molecule has 2 aromatic rings. The summed E-state index contributed by atoms with van der Waals surface area (Å²) in [6.07, 6.45) is 0.743. The number of ether oxygens (including phenoxy) is 1. The van der Waals surface area contributed by atoms with Crippen LogP contribution >= 0.6 is 0 Å². The van der Waals surface area contributed by atoms with E-state index in [2.05, 4.69) is 5.10 Å². The predicted molar refractivity (Wildman–Crippen MR) is 63.5 cm³/mol. The molecule has 0 bridgehead atoms. The first-order valence-corrected chi connectivity index (χ1v) is 5.36. The van der Waals surface area contributed by atoms with Gasteiger partial charge in [-0.1, -0.05) is 6.92 Å². The molecule has 4 nitrogen and oxygen atoms in total. The molecule has 0 aliphatic rings. The van der Waals surface area contributed by atoms with Crippen molar-refractivity contribution in [3.63, 3.8) is 0 Å². The van der Waals surface area contributed by atoms with Gasteiger partial charge in [0, 0.05) is 7.05 Å². The molecule has 2 rings (SSSR count). The zero-order valence-electron chi connectivity index (χ0n) is 9.77. The molecular formula is C12H14FN3O. The first kappa shape index (κ1) is 11.4. The Morgan fingerprint density at radius 1 is 1.35 bits per heavy atom. The molecule has 0 aliphatic carbocycles. The molecule has 0 unspecified atom stereocenters. The number of aryl methyl sites for hydroxylation is 2. The van der Waals surface area contributed by atoms with Crippen LogP contribution in [0.15, 0.2) is 24.3 Å². The molecule has 0 saturated heterocycles. The number of rotatable bonds is 3. The number of hydrogen-bond acceptors (Lipinski definition) is 3. The van der Waals surface area contributed by atoms with Crippen molar-refractivity contribution in [2.75, 3.05) is 5.73 Å². The van der Waals surface area contributed by atoms with Gasteiger partial charge >= 0.3 is 0 Å². The zero-order valence-corrected chi connectivity index (χ0v) is 9.77. The van der Waals surface area contributed by atoms with Gasteiger partial charge in [-0.15, -0.1) is 0 Å². The van der Waals surface area contributed by atoms with Crippen LogP contribution < -0.4 is 10.5 Å². The van der Waals surface area contributed by atoms with Gasteiger partial charge in [0.05, 0.1) is 5.69 Å². The van der Waals surface area contributed by atoms with E-state index in [1.165, 1.54) is 12.1 Å². The summed E-state index contributed by atoms with van der Waals surface area (Å²) in [6, 6.07) is 5.77. The molecule has 0 aliphatic heterocycles. The molecule has 5 heteroatoms. The molecule has 0 atom stereocenters. The van der Waals surface area contributed by atoms with Crippen molar-refractivity contribution in [1.29, 1.82) is 0 Å². The minimum absolute atomic E-state index is 0.301. The van der Waals surface area contributed by atoms with Crippen molar-refractivity contribution in [3.05, 3.63) is 35.8 Å². The Hall–Kier alpha value is -2.04. The summed E-state index contributed by atoms with van der Waals surface area (Å²) in [7, 11) is 1.76. The van der Waals surface area contributed by atoms with Crippen LogP contribution in [0.1, 0.15) is 12.6 Å². The van der Waals surface area contributed by atoms with E-state index in [0.29, 0.717) is 17.3 Å². The number of nitrogens with zero attached hydrogens (tertiary/aromatic N) is 2. The molecule has 1 aromatic carbocycles. The lowest BCUT2D eigenvalue weighted by Gasteiger charge is -2.06. The van der Waals surface area contributed by atoms with E-state index in [4.69, 9.17) is 10.5 Å². The summed E-state index contributed by atoms with van der Waals surface area (Å²) >= 11 is 0. The van der Waals surface area contributed by atoms with Crippen molar-refractivity contribution < 1.29 is 9.13 Å². The van der Waals surface area contributed by atoms with E-state index in [0.717, 1.165) is 12.1 Å². The number of nitrogen functional groups attached to an aromatic ring is 1. The van der Waals surface area contributed by atoms with Gasteiger partial charge in [0.15, 0.2) is 0 Å². The molecule has 0 amide bonds. The first-order valence-electron chi connectivity index (χ1n) is 5.36. The molecule has 0 saturated carbocycles. The molecule has 0 spiro atoms. The molecule has 1 heterocycles. The van der Waals surface area contributed by atoms with Crippen LogP contribution in [0, 0.1) is 5.82 Å². The topological polar surface area (TPSA) is 53.1 Å². The summed E-state index contributed by atoms with van der Waals surface area (Å²) in [5, 5.41) is 4.23. The normalized spacial score (nSPS) is 10.5. The molecule has 0 radical (unpaired) electrons. The maximum absolute atomic E-state index is 12.7. The van der Waals surface area contributed by atoms with Gasteiger partial charge in [-0.05, 0) is 30.7 Å². The summed E-state index contributed by atoms with van der Waals surface area (Å²) in [5.74, 6) is 0.710. The minimum atomic E-state index is -0.301. The molecule has 2 N–H and O–H groups in total. The van der Waals surface area contributed by atoms with E-state index >= 15 is 0 Å². The number of benzene rings is 1. The minimum Gasteiger partial charge on any atom is -0.437 e. The third-order valence-electron chi connectivity index (χ3n) is 2.47. The molecule has 1 aromatic heterocycles. The fourth-order valence-electron chi connectivity index (χ4n) is 1.57. The maximum Gasteiger partial charge on any atom is 0.241 e. The molecule has 90 valence electrons. The van der Waals surface area contributed by atoms with E-state index in [1.54, 1.807) is 23.9 Å². The standard InChI is InChI=1S/C12H14FN3O/c1-3-10-11(14)12(16(2)15-10)17-9-6-4-8(13)5-7-9/h4-7H,3,14H2,1-2H3. The number of hydrogen-bond donors (Lipinski definition) is 1. The number of anilines is 1. The van der Waals surface area contributed by atoms with Crippen LogP contribution in [0.2, 0.25) is 0 Å². The molecular weight excluding hydrogens is 221 g/mol. The summed E-state index contributed by atoms with van der Waals surface area (Å²) in [5.41, 5.74) is 7.23. The average molecular weight is 235 g/mol. The SMILES string of the molecule is CCc1nn(C)c(Oc2ccc(F)cc2)c1N. The Labute approximate surface area is 98.8 Å². The zero-order chi connectivity index (χ0) is 12.4. The van der Waals surface area contributed by atoms with Crippen molar-refractivity contribution >= 4 is 5.69 Å². The molecule has 0 fully saturated rings. The van der Waals surface area contributed by atoms with Crippen LogP contribution in [0.25, 0.3) is 0 Å². The Bertz CT molecular complexity index is 519. The van der Waals surface area contributed by atoms with Gasteiger partial charge in [0.1, 0.15) is 17.3 Å². The first-order chi connectivity index (χ1) is 8.11. The lowest BCUT2D eigenvalue weighted by molar-refractivity contribution is 0.431. The van der Waals surface area contributed by atoms with E-state index in [9.17, 15) is 4.39 Å². The Morgan fingerprint density at radius 3 is 2.53 bits per heavy atom. The highest BCUT2D eigenvalue weighted by atomic mass is 19.1. The predicted octanol–water partition coefficient (Wildman–Crippen LogP) is 2.50. The van der Waals surface area contributed by atoms with Crippen molar-refractivity contribution in [2.45, 2.75) is 13.3 Å². The van der Waals surface area contributed by atoms with Crippen LogP contribution in [-0.4, -0.2) is 9.78 Å². The van der Waals surface area contributed by atoms with Gasteiger partial charge in [-0.2, -0.15) is 5.10 Å². The highest BCUT2D eigenvalue weighted by Crippen LogP contribution is 2.29. The van der Waals surface area contributed by atoms with Crippen molar-refractivity contribution in [1.82, 2.24) is 9.78 Å². The lowest BCUT2D eigenvalue weighted by atomic mass is 10.3. The monoisotopic (exact) mass is 235 g/mol. The van der Waals surface area contributed by atoms with Gasteiger partial charge < -0.3 is 10.5 Å². The molecule has 17 heavy (non-hydrogen) atoms. The van der Waals surface area contributed by atoms with E-state index in [1.807, 2.05) is 6.92 Å². The van der Waals surface area contributed by atoms with Crippen LogP contribution in [0.5, 0.6) is 11.6 Å². The Kier molecular flexibility index (Phi) is 2.99. The summed E-state index contributed by atoms with van der Waals surface area (Å²) < 4.78 is 19.9. The lowest BCUT2D eigenvalue weighted by Crippen LogP contribution is -1.97. The van der Waals surface area contributed by atoms with Gasteiger partial charge in [0.25, 0.3) is 0 Å². The fourth-order valence-corrected chi connectivity index (χ4v) is 1.57. The Balaban J connectivity index is 2.29. The highest BCUT2D eigenvalue weighted by Gasteiger charge is 2.13. The maximum atomic E-state index is 12.7. The van der Waals surface area contributed by atoms with Gasteiger partial charge in [0.2, 0.25) is 5.88 Å². The summed E-state index contributed by atoms with van der Waals surface area (Å²) in [4.78, 5) is 0. The number of nitrogens with two attached hydrogens (primary N) is 1. The van der Waals surface area contributed by atoms with Crippen molar-refractivity contribution in [2.24, 2.45) is 7.05 Å². The highest BCUT2D eigenvalue weighted by molar-refractivity contribution is 5.54. The van der Waals surface area contributed by atoms with Gasteiger partial charge in [-0.25, -0.2) is 9.07 Å². The van der Waals surface area contributed by atoms with Gasteiger partial charge in [-0.3, -0.25) is 0 Å². The third kappa shape index (κ3) is 2.22. The smallest absolute Gasteiger partial charge is 0.241 e. The largest absolute Gasteiger partial charge is 0.437 e. The quantitative estimate of drug-likeness (QED) is 0.889. The van der Waals surface area contributed by atoms with E-state index in [-0.39, 0.29) is 5.82 Å². The number of halogens is 1. The van der Waals surface area contributed by atoms with Crippen LogP contribution in [-0.2, 0) is 13.5 Å². The Morgan fingerprint density at radius 2 is 2.00 bits per heavy atom. The number of aromatic nitrogens is 2. The second-order valence-corrected chi connectivity index (χ2v) is 3.70. The average Bonchev–Trinajstić information content (AvgIpc) is 2.59.